The summed E-state index contributed by atoms with van der Waals surface area (Å²) in [6.07, 6.45) is 87.8. The molecule has 2 atom stereocenters. The molecule has 0 saturated carbocycles. The standard InChI is InChI=1S/C81H157NO8/c1-6-8-10-12-14-16-18-20-22-24-26-28-30-32-33-34-35-36-37-38-39-40-41-42-43-44-45-46-47-48-50-52-54-56-58-60-62-64-66-68-70-72-79(84)90-77(76-89-81(80(85)86)87-74-73-82(3,4)5)75-88-78(83)71-69-67-65-63-61-59-57-55-53-51-49-31-29-27-25-23-21-19-17-15-13-11-9-7-2/h24,26,77,81H,6-23,25,27-76H2,1-5H3/b26-24-. The number of unbranched alkanes of at least 4 members (excludes halogenated alkanes) is 60. The Labute approximate surface area is 561 Å². The van der Waals surface area contributed by atoms with Crippen LogP contribution in [0.2, 0.25) is 0 Å². The van der Waals surface area contributed by atoms with Crippen molar-refractivity contribution in [2.75, 3.05) is 47.5 Å². The van der Waals surface area contributed by atoms with Crippen LogP contribution in [0.15, 0.2) is 12.2 Å². The number of hydrogen-bond donors (Lipinski definition) is 0. The largest absolute Gasteiger partial charge is 0.545 e. The maximum absolute atomic E-state index is 13.0. The van der Waals surface area contributed by atoms with E-state index in [1.165, 1.54) is 366 Å². The van der Waals surface area contributed by atoms with Gasteiger partial charge in [0.05, 0.1) is 40.3 Å². The molecule has 0 aromatic rings. The number of nitrogens with zero attached hydrogens (tertiary/aromatic N) is 1. The van der Waals surface area contributed by atoms with Crippen LogP contribution >= 0.6 is 0 Å². The highest BCUT2D eigenvalue weighted by Gasteiger charge is 2.22. The third-order valence-electron chi connectivity index (χ3n) is 18.8. The van der Waals surface area contributed by atoms with E-state index in [1.54, 1.807) is 0 Å². The molecule has 0 aliphatic carbocycles. The fourth-order valence-corrected chi connectivity index (χ4v) is 12.6. The summed E-state index contributed by atoms with van der Waals surface area (Å²) in [6, 6.07) is 0. The van der Waals surface area contributed by atoms with Gasteiger partial charge in [0.15, 0.2) is 12.4 Å². The van der Waals surface area contributed by atoms with Crippen molar-refractivity contribution >= 4 is 17.9 Å². The van der Waals surface area contributed by atoms with Gasteiger partial charge in [0, 0.05) is 12.8 Å². The monoisotopic (exact) mass is 1270 g/mol. The number of quaternary nitrogens is 1. The Morgan fingerprint density at radius 1 is 0.322 bits per heavy atom. The lowest BCUT2D eigenvalue weighted by Gasteiger charge is -2.26. The molecule has 534 valence electrons. The molecule has 0 rings (SSSR count). The van der Waals surface area contributed by atoms with E-state index < -0.39 is 24.3 Å². The van der Waals surface area contributed by atoms with E-state index in [0.717, 1.165) is 38.5 Å². The zero-order chi connectivity index (χ0) is 65.4. The summed E-state index contributed by atoms with van der Waals surface area (Å²) < 4.78 is 22.9. The van der Waals surface area contributed by atoms with Gasteiger partial charge in [-0.3, -0.25) is 9.59 Å². The van der Waals surface area contributed by atoms with Gasteiger partial charge in [0.1, 0.15) is 13.2 Å². The molecule has 0 aliphatic rings. The van der Waals surface area contributed by atoms with Crippen molar-refractivity contribution in [3.63, 3.8) is 0 Å². The van der Waals surface area contributed by atoms with Gasteiger partial charge in [-0.1, -0.05) is 392 Å². The summed E-state index contributed by atoms with van der Waals surface area (Å²) in [4.78, 5) is 37.6. The molecule has 0 N–H and O–H groups in total. The van der Waals surface area contributed by atoms with Gasteiger partial charge < -0.3 is 33.3 Å². The van der Waals surface area contributed by atoms with Crippen molar-refractivity contribution in [3.8, 4) is 0 Å². The maximum Gasteiger partial charge on any atom is 0.306 e. The lowest BCUT2D eigenvalue weighted by molar-refractivity contribution is -0.870. The van der Waals surface area contributed by atoms with Crippen LogP contribution in [0.3, 0.4) is 0 Å². The van der Waals surface area contributed by atoms with Crippen LogP contribution in [-0.2, 0) is 33.3 Å². The lowest BCUT2D eigenvalue weighted by atomic mass is 10.0. The van der Waals surface area contributed by atoms with Crippen LogP contribution in [0.4, 0.5) is 0 Å². The lowest BCUT2D eigenvalue weighted by Crippen LogP contribution is -2.44. The molecule has 0 heterocycles. The zero-order valence-electron chi connectivity index (χ0n) is 61.3. The van der Waals surface area contributed by atoms with Crippen molar-refractivity contribution in [2.45, 2.75) is 444 Å². The van der Waals surface area contributed by atoms with Crippen molar-refractivity contribution in [3.05, 3.63) is 12.2 Å². The quantitative estimate of drug-likeness (QED) is 0.0195. The highest BCUT2D eigenvalue weighted by molar-refractivity contribution is 5.70. The number of esters is 2. The summed E-state index contributed by atoms with van der Waals surface area (Å²) in [5.74, 6) is -2.24. The van der Waals surface area contributed by atoms with Crippen LogP contribution in [0, 0.1) is 0 Å². The molecule has 0 spiro atoms. The summed E-state index contributed by atoms with van der Waals surface area (Å²) in [5.41, 5.74) is 0. The second-order valence-electron chi connectivity index (χ2n) is 29.1. The van der Waals surface area contributed by atoms with Crippen molar-refractivity contribution in [1.29, 1.82) is 0 Å². The van der Waals surface area contributed by atoms with Gasteiger partial charge in [0.2, 0.25) is 0 Å². The highest BCUT2D eigenvalue weighted by atomic mass is 16.7. The maximum atomic E-state index is 13.0. The molecule has 0 aliphatic heterocycles. The Morgan fingerprint density at radius 2 is 0.567 bits per heavy atom. The minimum absolute atomic E-state index is 0.153. The van der Waals surface area contributed by atoms with Gasteiger partial charge >= 0.3 is 11.9 Å². The Kier molecular flexibility index (Phi) is 71.3. The first-order valence-electron chi connectivity index (χ1n) is 40.3. The summed E-state index contributed by atoms with van der Waals surface area (Å²) in [6.45, 7) is 4.84. The second kappa shape index (κ2) is 72.9. The Hall–Kier alpha value is -1.97. The van der Waals surface area contributed by atoms with Gasteiger partial charge in [-0.25, -0.2) is 0 Å². The predicted octanol–water partition coefficient (Wildman–Crippen LogP) is 24.2. The molecule has 0 amide bonds. The number of carbonyl (C=O) groups excluding carboxylic acids is 3. The number of carboxylic acid groups (broad SMARTS) is 1. The van der Waals surface area contributed by atoms with E-state index in [2.05, 4.69) is 26.0 Å². The Balaban J connectivity index is 3.90. The average Bonchev–Trinajstić information content (AvgIpc) is 3.73. The topological polar surface area (TPSA) is 111 Å². The zero-order valence-corrected chi connectivity index (χ0v) is 61.3. The fraction of sp³-hybridized carbons (Fsp3) is 0.938. The first kappa shape index (κ1) is 88.0. The van der Waals surface area contributed by atoms with E-state index in [9.17, 15) is 19.5 Å². The minimum atomic E-state index is -1.62. The normalized spacial score (nSPS) is 12.6. The number of rotatable bonds is 77. The van der Waals surface area contributed by atoms with Crippen LogP contribution < -0.4 is 5.11 Å². The molecule has 90 heavy (non-hydrogen) atoms. The number of hydrogen-bond acceptors (Lipinski definition) is 8. The van der Waals surface area contributed by atoms with Crippen LogP contribution in [-0.4, -0.2) is 82.3 Å². The van der Waals surface area contributed by atoms with Gasteiger partial charge in [-0.2, -0.15) is 0 Å². The molecule has 0 saturated heterocycles. The smallest absolute Gasteiger partial charge is 0.306 e. The number of aliphatic carboxylic acids is 1. The number of carboxylic acids is 1. The molecule has 0 aromatic carbocycles. The van der Waals surface area contributed by atoms with E-state index >= 15 is 0 Å². The minimum Gasteiger partial charge on any atom is -0.545 e. The molecule has 9 heteroatoms. The second-order valence-corrected chi connectivity index (χ2v) is 29.1. The fourth-order valence-electron chi connectivity index (χ4n) is 12.6. The van der Waals surface area contributed by atoms with Crippen LogP contribution in [0.5, 0.6) is 0 Å². The summed E-state index contributed by atoms with van der Waals surface area (Å²) in [7, 11) is 5.95. The average molecular weight is 1270 g/mol. The van der Waals surface area contributed by atoms with Crippen molar-refractivity contribution in [1.82, 2.24) is 0 Å². The molecule has 2 unspecified atom stereocenters. The molecular weight excluding hydrogens is 1110 g/mol. The van der Waals surface area contributed by atoms with Crippen molar-refractivity contribution < 1.29 is 42.9 Å². The molecule has 9 nitrogen and oxygen atoms in total. The van der Waals surface area contributed by atoms with E-state index in [4.69, 9.17) is 18.9 Å². The SMILES string of the molecule is CCCCCCCCCC/C=C\CCCCCCCCCCCCCCCCCCCCCCCCCCCCCCCC(=O)OC(COC(=O)CCCCCCCCCCCCCCCCCCCCCCCCCC)COC(OCC[N+](C)(C)C)C(=O)[O-]. The van der Waals surface area contributed by atoms with E-state index in [-0.39, 0.29) is 32.2 Å². The number of ether oxygens (including phenoxy) is 4. The molecule has 0 fully saturated rings. The van der Waals surface area contributed by atoms with Crippen LogP contribution in [0.1, 0.15) is 431 Å². The third-order valence-corrected chi connectivity index (χ3v) is 18.8. The van der Waals surface area contributed by atoms with E-state index in [1.807, 2.05) is 21.1 Å². The number of likely N-dealkylation sites (N-methyl/N-ethyl adjacent to an activating group) is 1. The van der Waals surface area contributed by atoms with Gasteiger partial charge in [0.25, 0.3) is 0 Å². The first-order chi connectivity index (χ1) is 44.1. The molecule has 0 bridgehead atoms. The highest BCUT2D eigenvalue weighted by Crippen LogP contribution is 2.20. The van der Waals surface area contributed by atoms with E-state index in [0.29, 0.717) is 17.4 Å². The molecular formula is C81H157NO8. The van der Waals surface area contributed by atoms with Gasteiger partial charge in [-0.05, 0) is 38.5 Å². The van der Waals surface area contributed by atoms with Crippen molar-refractivity contribution in [2.24, 2.45) is 0 Å². The summed E-state index contributed by atoms with van der Waals surface area (Å²) >= 11 is 0. The first-order valence-corrected chi connectivity index (χ1v) is 40.3. The Bertz CT molecular complexity index is 1480. The van der Waals surface area contributed by atoms with Gasteiger partial charge in [-0.15, -0.1) is 0 Å². The summed E-state index contributed by atoms with van der Waals surface area (Å²) in [5, 5.41) is 11.8. The third kappa shape index (κ3) is 73.4. The Morgan fingerprint density at radius 3 is 0.822 bits per heavy atom. The molecule has 0 aromatic heterocycles. The predicted molar refractivity (Wildman–Crippen MR) is 385 cm³/mol. The molecule has 0 radical (unpaired) electrons. The van der Waals surface area contributed by atoms with Crippen LogP contribution in [0.25, 0.3) is 0 Å². The number of allylic oxidation sites excluding steroid dienone is 2. The number of carbonyl (C=O) groups is 3.